The highest BCUT2D eigenvalue weighted by atomic mass is 32.1. The molecule has 0 aliphatic carbocycles. The topological polar surface area (TPSA) is 51.6 Å². The molecule has 1 aromatic carbocycles. The second-order valence-corrected chi connectivity index (χ2v) is 7.81. The number of aromatic nitrogens is 2. The minimum absolute atomic E-state index is 0.0895. The van der Waals surface area contributed by atoms with E-state index in [2.05, 4.69) is 46.7 Å². The molecule has 0 amide bonds. The standard InChI is InChI=1S/C23H26N4O2S/c1-14-12-17(15(2)26(14)3)22-21(18-8-6-7-11-24-18)25-23(30)27(22)19-13-16(28-4)9-10-20(19)29-5/h6-13,21-22H,1-5H3,(H,25,30)/t21-,22-/m1/s1. The number of hydrogen-bond donors (Lipinski definition) is 1. The zero-order chi connectivity index (χ0) is 21.4. The third-order valence-electron chi connectivity index (χ3n) is 5.88. The summed E-state index contributed by atoms with van der Waals surface area (Å²) in [7, 11) is 5.41. The largest absolute Gasteiger partial charge is 0.497 e. The third-order valence-corrected chi connectivity index (χ3v) is 6.19. The minimum Gasteiger partial charge on any atom is -0.497 e. The monoisotopic (exact) mass is 422 g/mol. The van der Waals surface area contributed by atoms with Gasteiger partial charge >= 0.3 is 0 Å². The fourth-order valence-corrected chi connectivity index (χ4v) is 4.44. The maximum absolute atomic E-state index is 5.83. The maximum Gasteiger partial charge on any atom is 0.174 e. The average molecular weight is 423 g/mol. The van der Waals surface area contributed by atoms with Crippen LogP contribution >= 0.6 is 12.2 Å². The molecule has 6 nitrogen and oxygen atoms in total. The first-order chi connectivity index (χ1) is 14.5. The Hall–Kier alpha value is -3.06. The van der Waals surface area contributed by atoms with Gasteiger partial charge in [0.05, 0.1) is 37.7 Å². The second-order valence-electron chi connectivity index (χ2n) is 7.42. The van der Waals surface area contributed by atoms with E-state index in [0.717, 1.165) is 22.9 Å². The van der Waals surface area contributed by atoms with Gasteiger partial charge in [0.2, 0.25) is 0 Å². The van der Waals surface area contributed by atoms with E-state index in [1.54, 1.807) is 14.2 Å². The first-order valence-electron chi connectivity index (χ1n) is 9.81. The molecule has 0 saturated carbocycles. The van der Waals surface area contributed by atoms with Gasteiger partial charge in [-0.3, -0.25) is 4.98 Å². The molecule has 4 rings (SSSR count). The number of hydrogen-bond acceptors (Lipinski definition) is 4. The lowest BCUT2D eigenvalue weighted by atomic mass is 9.96. The van der Waals surface area contributed by atoms with Crippen molar-refractivity contribution >= 4 is 23.0 Å². The summed E-state index contributed by atoms with van der Waals surface area (Å²) < 4.78 is 13.4. The van der Waals surface area contributed by atoms with Crippen LogP contribution < -0.4 is 19.7 Å². The van der Waals surface area contributed by atoms with Crippen LogP contribution in [-0.4, -0.2) is 28.9 Å². The lowest BCUT2D eigenvalue weighted by molar-refractivity contribution is 0.403. The molecule has 0 radical (unpaired) electrons. The Morgan fingerprint density at radius 1 is 1.07 bits per heavy atom. The van der Waals surface area contributed by atoms with E-state index in [1.165, 1.54) is 17.0 Å². The molecule has 0 unspecified atom stereocenters. The van der Waals surface area contributed by atoms with Crippen molar-refractivity contribution in [2.75, 3.05) is 19.1 Å². The number of pyridine rings is 1. The Kier molecular flexibility index (Phi) is 5.39. The molecule has 3 heterocycles. The van der Waals surface area contributed by atoms with Gasteiger partial charge in [-0.1, -0.05) is 6.07 Å². The van der Waals surface area contributed by atoms with Crippen molar-refractivity contribution in [2.24, 2.45) is 7.05 Å². The molecule has 156 valence electrons. The Labute approximate surface area is 182 Å². The summed E-state index contributed by atoms with van der Waals surface area (Å²) in [6.07, 6.45) is 1.81. The van der Waals surface area contributed by atoms with Gasteiger partial charge in [0.15, 0.2) is 5.11 Å². The number of aryl methyl sites for hydroxylation is 1. The van der Waals surface area contributed by atoms with Crippen LogP contribution in [0.4, 0.5) is 5.69 Å². The van der Waals surface area contributed by atoms with E-state index >= 15 is 0 Å². The molecule has 2 atom stereocenters. The van der Waals surface area contributed by atoms with Gasteiger partial charge in [0, 0.05) is 30.7 Å². The van der Waals surface area contributed by atoms with Crippen LogP contribution in [0.3, 0.4) is 0 Å². The number of rotatable bonds is 5. The molecule has 1 N–H and O–H groups in total. The highest BCUT2D eigenvalue weighted by Crippen LogP contribution is 2.46. The van der Waals surface area contributed by atoms with E-state index in [4.69, 9.17) is 21.7 Å². The summed E-state index contributed by atoms with van der Waals surface area (Å²) in [6.45, 7) is 4.25. The fourth-order valence-electron chi connectivity index (χ4n) is 4.10. The summed E-state index contributed by atoms with van der Waals surface area (Å²) in [6, 6.07) is 13.8. The Balaban J connectivity index is 1.92. The highest BCUT2D eigenvalue weighted by Gasteiger charge is 2.43. The molecule has 0 bridgehead atoms. The fraction of sp³-hybridized carbons (Fsp3) is 0.304. The third kappa shape index (κ3) is 3.29. The zero-order valence-corrected chi connectivity index (χ0v) is 18.7. The molecule has 1 saturated heterocycles. The predicted molar refractivity (Wildman–Crippen MR) is 122 cm³/mol. The smallest absolute Gasteiger partial charge is 0.174 e. The van der Waals surface area contributed by atoms with Crippen molar-refractivity contribution in [3.63, 3.8) is 0 Å². The Morgan fingerprint density at radius 2 is 1.87 bits per heavy atom. The number of methoxy groups -OCH3 is 2. The normalized spacial score (nSPS) is 18.4. The molecule has 7 heteroatoms. The summed E-state index contributed by atoms with van der Waals surface area (Å²) >= 11 is 5.83. The van der Waals surface area contributed by atoms with Gasteiger partial charge in [-0.25, -0.2) is 0 Å². The first-order valence-corrected chi connectivity index (χ1v) is 10.2. The van der Waals surface area contributed by atoms with Crippen LogP contribution in [0.15, 0.2) is 48.7 Å². The zero-order valence-electron chi connectivity index (χ0n) is 17.8. The van der Waals surface area contributed by atoms with Crippen molar-refractivity contribution < 1.29 is 9.47 Å². The van der Waals surface area contributed by atoms with Crippen molar-refractivity contribution in [3.05, 3.63) is 71.3 Å². The van der Waals surface area contributed by atoms with Gasteiger partial charge in [-0.15, -0.1) is 0 Å². The SMILES string of the molecule is COc1ccc(OC)c(N2C(=S)N[C@H](c3ccccn3)[C@H]2c2cc(C)n(C)c2C)c1. The molecule has 3 aromatic rings. The summed E-state index contributed by atoms with van der Waals surface area (Å²) in [5.41, 5.74) is 5.38. The van der Waals surface area contributed by atoms with E-state index in [-0.39, 0.29) is 12.1 Å². The lowest BCUT2D eigenvalue weighted by Gasteiger charge is -2.29. The molecule has 1 aliphatic rings. The second kappa shape index (κ2) is 7.99. The van der Waals surface area contributed by atoms with E-state index in [9.17, 15) is 0 Å². The van der Waals surface area contributed by atoms with Crippen LogP contribution in [0.1, 0.15) is 34.7 Å². The van der Waals surface area contributed by atoms with Crippen LogP contribution in [0.25, 0.3) is 0 Å². The number of benzene rings is 1. The quantitative estimate of drug-likeness (QED) is 0.621. The molecule has 30 heavy (non-hydrogen) atoms. The molecule has 2 aromatic heterocycles. The number of ether oxygens (including phenoxy) is 2. The Bertz CT molecular complexity index is 1080. The minimum atomic E-state index is -0.102. The van der Waals surface area contributed by atoms with Crippen molar-refractivity contribution in [2.45, 2.75) is 25.9 Å². The van der Waals surface area contributed by atoms with Gasteiger partial charge in [0.25, 0.3) is 0 Å². The van der Waals surface area contributed by atoms with Crippen LogP contribution in [0, 0.1) is 13.8 Å². The van der Waals surface area contributed by atoms with Crippen LogP contribution in [0.2, 0.25) is 0 Å². The number of thiocarbonyl (C=S) groups is 1. The van der Waals surface area contributed by atoms with Crippen molar-refractivity contribution in [3.8, 4) is 11.5 Å². The number of nitrogens with zero attached hydrogens (tertiary/aromatic N) is 3. The van der Waals surface area contributed by atoms with Crippen LogP contribution in [0.5, 0.6) is 11.5 Å². The van der Waals surface area contributed by atoms with Gasteiger partial charge in [-0.2, -0.15) is 0 Å². The van der Waals surface area contributed by atoms with Crippen molar-refractivity contribution in [1.29, 1.82) is 0 Å². The van der Waals surface area contributed by atoms with Gasteiger partial charge < -0.3 is 24.3 Å². The highest BCUT2D eigenvalue weighted by molar-refractivity contribution is 7.80. The molecule has 1 fully saturated rings. The molecule has 0 spiro atoms. The summed E-state index contributed by atoms with van der Waals surface area (Å²) in [5.74, 6) is 1.48. The maximum atomic E-state index is 5.83. The lowest BCUT2D eigenvalue weighted by Crippen LogP contribution is -2.30. The van der Waals surface area contributed by atoms with E-state index < -0.39 is 0 Å². The summed E-state index contributed by atoms with van der Waals surface area (Å²) in [4.78, 5) is 6.75. The van der Waals surface area contributed by atoms with Gasteiger partial charge in [0.1, 0.15) is 11.5 Å². The average Bonchev–Trinajstić information content (AvgIpc) is 3.24. The molecular formula is C23H26N4O2S. The predicted octanol–water partition coefficient (Wildman–Crippen LogP) is 4.23. The first kappa shape index (κ1) is 20.2. The Morgan fingerprint density at radius 3 is 2.47 bits per heavy atom. The van der Waals surface area contributed by atoms with E-state index in [0.29, 0.717) is 5.11 Å². The summed E-state index contributed by atoms with van der Waals surface area (Å²) in [5, 5.41) is 4.13. The number of nitrogens with one attached hydrogen (secondary N) is 1. The van der Waals surface area contributed by atoms with Gasteiger partial charge in [-0.05, 0) is 62.0 Å². The molecular weight excluding hydrogens is 396 g/mol. The number of anilines is 1. The molecule has 1 aliphatic heterocycles. The van der Waals surface area contributed by atoms with Crippen LogP contribution in [-0.2, 0) is 7.05 Å². The van der Waals surface area contributed by atoms with E-state index in [1.807, 2.05) is 42.6 Å². The van der Waals surface area contributed by atoms with Crippen molar-refractivity contribution in [1.82, 2.24) is 14.9 Å².